The quantitative estimate of drug-likeness (QED) is 0.365. The molecule has 0 saturated carbocycles. The number of rotatable bonds is 8. The number of carbonyl (C=O) groups excluding carboxylic acids is 1. The fourth-order valence-electron chi connectivity index (χ4n) is 3.67. The summed E-state index contributed by atoms with van der Waals surface area (Å²) < 4.78 is 51.0. The SMILES string of the molecule is COc1ccc(-n2nc(C(=O)NCc3cccnc3)c(=O)n(Cc3ccc(C(F)(F)F)cc3)c2=O)cc1OC. The molecule has 0 aliphatic rings. The molecule has 2 heterocycles. The second kappa shape index (κ2) is 11.2. The molecule has 10 nitrogen and oxygen atoms in total. The summed E-state index contributed by atoms with van der Waals surface area (Å²) in [5, 5.41) is 6.60. The summed E-state index contributed by atoms with van der Waals surface area (Å²) in [6.07, 6.45) is -1.46. The minimum Gasteiger partial charge on any atom is -0.493 e. The van der Waals surface area contributed by atoms with Crippen LogP contribution in [0, 0.1) is 0 Å². The Morgan fingerprint density at radius 2 is 1.69 bits per heavy atom. The van der Waals surface area contributed by atoms with Crippen molar-refractivity contribution in [1.29, 1.82) is 0 Å². The Balaban J connectivity index is 1.80. The van der Waals surface area contributed by atoms with Gasteiger partial charge < -0.3 is 14.8 Å². The van der Waals surface area contributed by atoms with E-state index in [1.807, 2.05) is 0 Å². The van der Waals surface area contributed by atoms with Gasteiger partial charge >= 0.3 is 11.9 Å². The molecule has 0 radical (unpaired) electrons. The van der Waals surface area contributed by atoms with Gasteiger partial charge in [-0.2, -0.15) is 23.0 Å². The van der Waals surface area contributed by atoms with E-state index in [4.69, 9.17) is 9.47 Å². The van der Waals surface area contributed by atoms with Crippen LogP contribution in [0.25, 0.3) is 5.69 Å². The number of alkyl halides is 3. The number of amides is 1. The number of ether oxygens (including phenoxy) is 2. The van der Waals surface area contributed by atoms with Gasteiger partial charge in [0.15, 0.2) is 11.5 Å². The monoisotopic (exact) mass is 541 g/mol. The summed E-state index contributed by atoms with van der Waals surface area (Å²) in [7, 11) is 2.82. The van der Waals surface area contributed by atoms with Crippen molar-refractivity contribution >= 4 is 5.91 Å². The Labute approximate surface area is 219 Å². The van der Waals surface area contributed by atoms with Gasteiger partial charge in [-0.15, -0.1) is 0 Å². The molecule has 0 bridgehead atoms. The van der Waals surface area contributed by atoms with E-state index in [1.165, 1.54) is 38.6 Å². The molecule has 0 fully saturated rings. The number of nitrogens with zero attached hydrogens (tertiary/aromatic N) is 4. The lowest BCUT2D eigenvalue weighted by molar-refractivity contribution is -0.137. The highest BCUT2D eigenvalue weighted by Crippen LogP contribution is 2.29. The first kappa shape index (κ1) is 27.1. The number of methoxy groups -OCH3 is 2. The zero-order valence-corrected chi connectivity index (χ0v) is 20.7. The van der Waals surface area contributed by atoms with Gasteiger partial charge in [0.25, 0.3) is 11.5 Å². The van der Waals surface area contributed by atoms with Crippen LogP contribution in [-0.4, -0.2) is 39.5 Å². The molecule has 202 valence electrons. The summed E-state index contributed by atoms with van der Waals surface area (Å²) in [4.78, 5) is 43.7. The molecule has 1 N–H and O–H groups in total. The van der Waals surface area contributed by atoms with E-state index < -0.39 is 41.1 Å². The normalized spacial score (nSPS) is 11.2. The first-order valence-electron chi connectivity index (χ1n) is 11.4. The molecule has 39 heavy (non-hydrogen) atoms. The Morgan fingerprint density at radius 3 is 2.31 bits per heavy atom. The zero-order valence-electron chi connectivity index (χ0n) is 20.7. The van der Waals surface area contributed by atoms with Crippen LogP contribution in [0.3, 0.4) is 0 Å². The molecule has 1 amide bonds. The molecule has 13 heteroatoms. The highest BCUT2D eigenvalue weighted by molar-refractivity contribution is 5.91. The van der Waals surface area contributed by atoms with Crippen LogP contribution in [0.15, 0.2) is 76.6 Å². The van der Waals surface area contributed by atoms with E-state index in [2.05, 4.69) is 15.4 Å². The van der Waals surface area contributed by atoms with E-state index in [1.54, 1.807) is 18.3 Å². The Kier molecular flexibility index (Phi) is 7.79. The second-order valence-corrected chi connectivity index (χ2v) is 8.21. The predicted octanol–water partition coefficient (Wildman–Crippen LogP) is 2.80. The summed E-state index contributed by atoms with van der Waals surface area (Å²) in [5.74, 6) is -0.243. The predicted molar refractivity (Wildman–Crippen MR) is 133 cm³/mol. The Morgan fingerprint density at radius 1 is 0.974 bits per heavy atom. The van der Waals surface area contributed by atoms with Crippen LogP contribution in [0.5, 0.6) is 11.5 Å². The molecule has 4 rings (SSSR count). The van der Waals surface area contributed by atoms with Crippen molar-refractivity contribution < 1.29 is 27.4 Å². The molecule has 0 saturated heterocycles. The van der Waals surface area contributed by atoms with E-state index >= 15 is 0 Å². The van der Waals surface area contributed by atoms with E-state index in [0.29, 0.717) is 11.3 Å². The third-order valence-corrected chi connectivity index (χ3v) is 5.68. The number of pyridine rings is 1. The Bertz CT molecular complexity index is 1600. The van der Waals surface area contributed by atoms with Gasteiger partial charge in [-0.1, -0.05) is 18.2 Å². The maximum atomic E-state index is 13.4. The first-order valence-corrected chi connectivity index (χ1v) is 11.4. The molecule has 0 atom stereocenters. The van der Waals surface area contributed by atoms with E-state index in [-0.39, 0.29) is 23.5 Å². The number of hydrogen-bond acceptors (Lipinski definition) is 7. The van der Waals surface area contributed by atoms with Crippen LogP contribution in [0.2, 0.25) is 0 Å². The molecule has 0 spiro atoms. The number of aromatic nitrogens is 4. The molecule has 4 aromatic rings. The van der Waals surface area contributed by atoms with Crippen LogP contribution in [0.1, 0.15) is 27.2 Å². The van der Waals surface area contributed by atoms with E-state index in [0.717, 1.165) is 33.5 Å². The van der Waals surface area contributed by atoms with Gasteiger partial charge in [0.05, 0.1) is 32.0 Å². The lowest BCUT2D eigenvalue weighted by atomic mass is 10.1. The van der Waals surface area contributed by atoms with E-state index in [9.17, 15) is 27.6 Å². The first-order chi connectivity index (χ1) is 18.6. The second-order valence-electron chi connectivity index (χ2n) is 8.21. The molecule has 0 aliphatic carbocycles. The van der Waals surface area contributed by atoms with Crippen molar-refractivity contribution in [3.8, 4) is 17.2 Å². The summed E-state index contributed by atoms with van der Waals surface area (Å²) >= 11 is 0. The van der Waals surface area contributed by atoms with Crippen molar-refractivity contribution in [1.82, 2.24) is 24.6 Å². The fraction of sp³-hybridized carbons (Fsp3) is 0.192. The van der Waals surface area contributed by atoms with Gasteiger partial charge in [-0.3, -0.25) is 19.1 Å². The lowest BCUT2D eigenvalue weighted by Crippen LogP contribution is -2.46. The third-order valence-electron chi connectivity index (χ3n) is 5.68. The molecular weight excluding hydrogens is 519 g/mol. The topological polar surface area (TPSA) is 117 Å². The summed E-state index contributed by atoms with van der Waals surface area (Å²) in [6, 6.07) is 11.8. The van der Waals surface area contributed by atoms with Gasteiger partial charge in [0.1, 0.15) is 0 Å². The summed E-state index contributed by atoms with van der Waals surface area (Å²) in [5.41, 5.74) is -2.37. The average Bonchev–Trinajstić information content (AvgIpc) is 2.94. The summed E-state index contributed by atoms with van der Waals surface area (Å²) in [6.45, 7) is -0.378. The maximum absolute atomic E-state index is 13.4. The smallest absolute Gasteiger partial charge is 0.416 e. The molecule has 2 aromatic carbocycles. The maximum Gasteiger partial charge on any atom is 0.416 e. The number of hydrogen-bond donors (Lipinski definition) is 1. The van der Waals surface area contributed by atoms with Crippen molar-refractivity contribution in [2.45, 2.75) is 19.3 Å². The van der Waals surface area contributed by atoms with Gasteiger partial charge in [-0.25, -0.2) is 4.79 Å². The highest BCUT2D eigenvalue weighted by atomic mass is 19.4. The minimum atomic E-state index is -4.55. The minimum absolute atomic E-state index is 0.0299. The number of nitrogens with one attached hydrogen (secondary N) is 1. The van der Waals surface area contributed by atoms with Crippen LogP contribution in [0.4, 0.5) is 13.2 Å². The largest absolute Gasteiger partial charge is 0.493 e. The van der Waals surface area contributed by atoms with Crippen molar-refractivity contribution in [3.63, 3.8) is 0 Å². The molecule has 2 aromatic heterocycles. The number of benzene rings is 2. The van der Waals surface area contributed by atoms with Gasteiger partial charge in [0, 0.05) is 25.0 Å². The third kappa shape index (κ3) is 5.98. The van der Waals surface area contributed by atoms with Gasteiger partial charge in [0.2, 0.25) is 5.69 Å². The zero-order chi connectivity index (χ0) is 28.2. The van der Waals surface area contributed by atoms with Crippen molar-refractivity contribution in [2.75, 3.05) is 14.2 Å². The lowest BCUT2D eigenvalue weighted by Gasteiger charge is -2.14. The molecule has 0 aliphatic heterocycles. The Hall–Kier alpha value is -4.94. The van der Waals surface area contributed by atoms with Gasteiger partial charge in [-0.05, 0) is 41.5 Å². The number of halogens is 3. The molecular formula is C26H22F3N5O5. The molecule has 0 unspecified atom stereocenters. The van der Waals surface area contributed by atoms with Crippen LogP contribution >= 0.6 is 0 Å². The highest BCUT2D eigenvalue weighted by Gasteiger charge is 2.30. The van der Waals surface area contributed by atoms with Crippen LogP contribution < -0.4 is 26.0 Å². The fourth-order valence-corrected chi connectivity index (χ4v) is 3.67. The van der Waals surface area contributed by atoms with Crippen molar-refractivity contribution in [3.05, 3.63) is 110 Å². The standard InChI is InChI=1S/C26H22F3N5O5/c1-38-20-10-9-19(12-21(20)39-2)34-25(37)33(15-16-5-7-18(8-6-16)26(27,28)29)24(36)22(32-34)23(35)31-14-17-4-3-11-30-13-17/h3-13H,14-15H2,1-2H3,(H,31,35). The number of carbonyl (C=O) groups is 1. The van der Waals surface area contributed by atoms with Crippen molar-refractivity contribution in [2.24, 2.45) is 0 Å². The van der Waals surface area contributed by atoms with Crippen LogP contribution in [-0.2, 0) is 19.3 Å². The average molecular weight is 541 g/mol.